The fraction of sp³-hybridized carbons (Fsp3) is 0.194. The molecule has 1 saturated heterocycles. The molecule has 2 heterocycles. The average molecular weight is 587 g/mol. The van der Waals surface area contributed by atoms with Gasteiger partial charge in [0.25, 0.3) is 5.56 Å². The summed E-state index contributed by atoms with van der Waals surface area (Å²) in [6.45, 7) is -1.28. The Kier molecular flexibility index (Phi) is 8.60. The van der Waals surface area contributed by atoms with Crippen molar-refractivity contribution in [1.82, 2.24) is 9.55 Å². The maximum atomic E-state index is 13.1. The van der Waals surface area contributed by atoms with Gasteiger partial charge in [-0.25, -0.2) is 19.2 Å². The van der Waals surface area contributed by atoms with Crippen LogP contribution in [0.4, 0.5) is 0 Å². The van der Waals surface area contributed by atoms with Crippen LogP contribution in [-0.4, -0.2) is 64.1 Å². The van der Waals surface area contributed by atoms with Crippen LogP contribution in [0.1, 0.15) is 31.1 Å². The van der Waals surface area contributed by atoms with Gasteiger partial charge in [-0.15, -0.1) is 0 Å². The van der Waals surface area contributed by atoms with Gasteiger partial charge < -0.3 is 24.1 Å². The maximum Gasteiger partial charge on any atom is 0.338 e. The second kappa shape index (κ2) is 12.7. The van der Waals surface area contributed by atoms with E-state index in [-0.39, 0.29) is 16.7 Å². The first-order valence-electron chi connectivity index (χ1n) is 13.2. The highest BCUT2D eigenvalue weighted by atomic mass is 16.6. The summed E-state index contributed by atoms with van der Waals surface area (Å²) in [6.07, 6.45) is -3.67. The van der Waals surface area contributed by atoms with Crippen LogP contribution in [0.5, 0.6) is 0 Å². The lowest BCUT2D eigenvalue weighted by Crippen LogP contribution is -2.55. The summed E-state index contributed by atoms with van der Waals surface area (Å²) in [4.78, 5) is 65.6. The monoisotopic (exact) mass is 586 g/mol. The predicted octanol–water partition coefficient (Wildman–Crippen LogP) is 1.89. The minimum atomic E-state index is -2.21. The Morgan fingerprint density at radius 2 is 1.28 bits per heavy atom. The van der Waals surface area contributed by atoms with Gasteiger partial charge in [-0.3, -0.25) is 14.3 Å². The van der Waals surface area contributed by atoms with Crippen LogP contribution >= 0.6 is 0 Å². The molecular formula is C31H26N2O10. The first-order chi connectivity index (χ1) is 20.8. The third-order valence-electron chi connectivity index (χ3n) is 6.79. The summed E-state index contributed by atoms with van der Waals surface area (Å²) in [6, 6.07) is 25.0. The van der Waals surface area contributed by atoms with E-state index in [4.69, 9.17) is 18.9 Å². The van der Waals surface area contributed by atoms with Crippen LogP contribution in [0, 0.1) is 0 Å². The standard InChI is InChI=1S/C31H26N2O10/c34-24-16-17-33(30(39)32-24)31(19-41-28(37)21-12-6-2-7-13-21)26(35)25(42-29(38)22-14-8-3-9-15-22)23(43-31)18-40-27(36)20-10-4-1-5-11-20/h1-17,23,25-26,35H,18-19H2,(H,32,34,39)/t23-,25-,26+,31-/m1/s1. The van der Waals surface area contributed by atoms with Crippen molar-refractivity contribution in [3.05, 3.63) is 141 Å². The Morgan fingerprint density at radius 3 is 1.81 bits per heavy atom. The topological polar surface area (TPSA) is 163 Å². The Balaban J connectivity index is 1.50. The number of benzene rings is 3. The molecular weight excluding hydrogens is 560 g/mol. The maximum absolute atomic E-state index is 13.1. The number of nitrogens with zero attached hydrogens (tertiary/aromatic N) is 1. The van der Waals surface area contributed by atoms with E-state index in [1.54, 1.807) is 54.6 Å². The molecule has 0 radical (unpaired) electrons. The number of aromatic nitrogens is 2. The van der Waals surface area contributed by atoms with Gasteiger partial charge in [0.15, 0.2) is 6.10 Å². The van der Waals surface area contributed by atoms with E-state index in [0.29, 0.717) is 0 Å². The summed E-state index contributed by atoms with van der Waals surface area (Å²) in [5, 5.41) is 11.7. The lowest BCUT2D eigenvalue weighted by Gasteiger charge is -2.33. The highest BCUT2D eigenvalue weighted by Gasteiger charge is 2.59. The number of hydrogen-bond acceptors (Lipinski definition) is 10. The van der Waals surface area contributed by atoms with Crippen LogP contribution in [0.3, 0.4) is 0 Å². The quantitative estimate of drug-likeness (QED) is 0.219. The van der Waals surface area contributed by atoms with Gasteiger partial charge in [0, 0.05) is 12.3 Å². The van der Waals surface area contributed by atoms with Gasteiger partial charge in [-0.1, -0.05) is 54.6 Å². The van der Waals surface area contributed by atoms with Gasteiger partial charge in [0.05, 0.1) is 16.7 Å². The first kappa shape index (κ1) is 29.2. The molecule has 12 heteroatoms. The minimum absolute atomic E-state index is 0.156. The van der Waals surface area contributed by atoms with E-state index in [1.807, 2.05) is 0 Å². The lowest BCUT2D eigenvalue weighted by atomic mass is 10.0. The Hall–Kier alpha value is -5.33. The van der Waals surface area contributed by atoms with E-state index < -0.39 is 66.4 Å². The van der Waals surface area contributed by atoms with Crippen molar-refractivity contribution in [3.63, 3.8) is 0 Å². The predicted molar refractivity (Wildman–Crippen MR) is 149 cm³/mol. The van der Waals surface area contributed by atoms with Gasteiger partial charge in [-0.05, 0) is 36.4 Å². The van der Waals surface area contributed by atoms with Crippen LogP contribution in [-0.2, 0) is 24.7 Å². The number of ether oxygens (including phenoxy) is 4. The second-order valence-electron chi connectivity index (χ2n) is 9.57. The molecule has 1 aromatic heterocycles. The van der Waals surface area contributed by atoms with Crippen molar-refractivity contribution in [1.29, 1.82) is 0 Å². The van der Waals surface area contributed by atoms with E-state index in [0.717, 1.165) is 16.8 Å². The molecule has 0 bridgehead atoms. The summed E-state index contributed by atoms with van der Waals surface area (Å²) >= 11 is 0. The first-order valence-corrected chi connectivity index (χ1v) is 13.2. The van der Waals surface area contributed by atoms with Crippen LogP contribution in [0.2, 0.25) is 0 Å². The average Bonchev–Trinajstić information content (AvgIpc) is 3.30. The number of aliphatic hydroxyl groups excluding tert-OH is 1. The number of hydrogen-bond donors (Lipinski definition) is 2. The van der Waals surface area contributed by atoms with Crippen molar-refractivity contribution < 1.29 is 38.4 Å². The van der Waals surface area contributed by atoms with Crippen molar-refractivity contribution in [2.45, 2.75) is 24.0 Å². The van der Waals surface area contributed by atoms with E-state index in [2.05, 4.69) is 4.98 Å². The largest absolute Gasteiger partial charge is 0.459 e. The Morgan fingerprint density at radius 1 is 0.767 bits per heavy atom. The zero-order valence-electron chi connectivity index (χ0n) is 22.5. The van der Waals surface area contributed by atoms with Gasteiger partial charge in [0.1, 0.15) is 25.4 Å². The SMILES string of the molecule is O=C(OC[C@H]1O[C@@](COC(=O)c2ccccc2)(n2ccc(=O)[nH]c2=O)[C@@H](O)[C@@H]1OC(=O)c1ccccc1)c1ccccc1. The number of carbonyl (C=O) groups excluding carboxylic acids is 3. The van der Waals surface area contributed by atoms with Crippen LogP contribution < -0.4 is 11.2 Å². The Labute approximate surface area is 244 Å². The molecule has 0 amide bonds. The van der Waals surface area contributed by atoms with Crippen LogP contribution in [0.25, 0.3) is 0 Å². The molecule has 220 valence electrons. The zero-order chi connectivity index (χ0) is 30.4. The molecule has 43 heavy (non-hydrogen) atoms. The fourth-order valence-electron chi connectivity index (χ4n) is 4.64. The normalized spacial score (nSPS) is 21.1. The molecule has 3 aromatic carbocycles. The number of esters is 3. The van der Waals surface area contributed by atoms with E-state index >= 15 is 0 Å². The molecule has 1 fully saturated rings. The van der Waals surface area contributed by atoms with Gasteiger partial charge >= 0.3 is 23.6 Å². The third-order valence-corrected chi connectivity index (χ3v) is 6.79. The summed E-state index contributed by atoms with van der Waals surface area (Å²) in [7, 11) is 0. The molecule has 0 unspecified atom stereocenters. The third kappa shape index (κ3) is 6.30. The molecule has 1 aliphatic heterocycles. The van der Waals surface area contributed by atoms with Gasteiger partial charge in [-0.2, -0.15) is 0 Å². The second-order valence-corrected chi connectivity index (χ2v) is 9.57. The number of rotatable bonds is 9. The molecule has 2 N–H and O–H groups in total. The number of aliphatic hydroxyl groups is 1. The number of aromatic amines is 1. The number of nitrogens with one attached hydrogen (secondary N) is 1. The van der Waals surface area contributed by atoms with Gasteiger partial charge in [0.2, 0.25) is 5.72 Å². The molecule has 4 atom stereocenters. The highest BCUT2D eigenvalue weighted by molar-refractivity contribution is 5.90. The fourth-order valence-corrected chi connectivity index (χ4v) is 4.64. The van der Waals surface area contributed by atoms with Crippen LogP contribution in [0.15, 0.2) is 113 Å². The van der Waals surface area contributed by atoms with Crippen molar-refractivity contribution in [2.24, 2.45) is 0 Å². The molecule has 1 aliphatic rings. The van der Waals surface area contributed by atoms with E-state index in [1.165, 1.54) is 36.4 Å². The smallest absolute Gasteiger partial charge is 0.338 e. The molecule has 5 rings (SSSR count). The van der Waals surface area contributed by atoms with Crippen molar-refractivity contribution in [3.8, 4) is 0 Å². The zero-order valence-corrected chi connectivity index (χ0v) is 22.5. The molecule has 0 spiro atoms. The Bertz CT molecular complexity index is 1710. The van der Waals surface area contributed by atoms with E-state index in [9.17, 15) is 29.1 Å². The van der Waals surface area contributed by atoms with Crippen molar-refractivity contribution >= 4 is 17.9 Å². The highest BCUT2D eigenvalue weighted by Crippen LogP contribution is 2.38. The molecule has 12 nitrogen and oxygen atoms in total. The number of carbonyl (C=O) groups is 3. The summed E-state index contributed by atoms with van der Waals surface area (Å²) in [5.41, 5.74) is -3.37. The summed E-state index contributed by atoms with van der Waals surface area (Å²) in [5.74, 6) is -2.36. The lowest BCUT2D eigenvalue weighted by molar-refractivity contribution is -0.175. The molecule has 0 aliphatic carbocycles. The van der Waals surface area contributed by atoms with Crippen molar-refractivity contribution in [2.75, 3.05) is 13.2 Å². The summed E-state index contributed by atoms with van der Waals surface area (Å²) < 4.78 is 23.6. The number of H-pyrrole nitrogens is 1. The minimum Gasteiger partial charge on any atom is -0.459 e. The molecule has 0 saturated carbocycles. The molecule has 4 aromatic rings.